The van der Waals surface area contributed by atoms with Crippen LogP contribution in [0.5, 0.6) is 0 Å². The molecule has 2 aromatic rings. The molecule has 0 aliphatic heterocycles. The van der Waals surface area contributed by atoms with Crippen LogP contribution in [-0.2, 0) is 14.6 Å². The SMILES string of the molecule is COC(=O)c1sc(SC)c(S(=O)(=O)c2ccc(Cl)cc2)c1N. The summed E-state index contributed by atoms with van der Waals surface area (Å²) in [7, 11) is -2.64. The van der Waals surface area contributed by atoms with Gasteiger partial charge in [0.05, 0.1) is 21.9 Å². The smallest absolute Gasteiger partial charge is 0.350 e. The van der Waals surface area contributed by atoms with Gasteiger partial charge in [-0.1, -0.05) is 11.6 Å². The van der Waals surface area contributed by atoms with Crippen molar-refractivity contribution in [3.8, 4) is 0 Å². The number of thioether (sulfide) groups is 1. The number of thiophene rings is 1. The molecule has 0 amide bonds. The lowest BCUT2D eigenvalue weighted by atomic mass is 10.4. The van der Waals surface area contributed by atoms with Crippen molar-refractivity contribution in [2.24, 2.45) is 0 Å². The third-order valence-corrected chi connectivity index (χ3v) is 7.49. The minimum Gasteiger partial charge on any atom is -0.465 e. The topological polar surface area (TPSA) is 86.5 Å². The van der Waals surface area contributed by atoms with E-state index in [1.165, 1.54) is 43.1 Å². The van der Waals surface area contributed by atoms with Gasteiger partial charge in [0.15, 0.2) is 0 Å². The highest BCUT2D eigenvalue weighted by atomic mass is 35.5. The predicted octanol–water partition coefficient (Wildman–Crippen LogP) is 3.33. The van der Waals surface area contributed by atoms with E-state index >= 15 is 0 Å². The number of anilines is 1. The van der Waals surface area contributed by atoms with Crippen molar-refractivity contribution in [1.29, 1.82) is 0 Å². The number of ether oxygens (including phenoxy) is 1. The summed E-state index contributed by atoms with van der Waals surface area (Å²) in [4.78, 5) is 11.8. The maximum Gasteiger partial charge on any atom is 0.350 e. The first-order valence-electron chi connectivity index (χ1n) is 5.88. The maximum atomic E-state index is 12.8. The number of esters is 1. The van der Waals surface area contributed by atoms with Crippen molar-refractivity contribution in [3.63, 3.8) is 0 Å². The Morgan fingerprint density at radius 1 is 1.32 bits per heavy atom. The Morgan fingerprint density at radius 3 is 2.41 bits per heavy atom. The lowest BCUT2D eigenvalue weighted by molar-refractivity contribution is 0.0607. The van der Waals surface area contributed by atoms with Crippen LogP contribution in [-0.4, -0.2) is 27.8 Å². The number of benzene rings is 1. The fraction of sp³-hybridized carbons (Fsp3) is 0.154. The normalized spacial score (nSPS) is 11.4. The van der Waals surface area contributed by atoms with Crippen LogP contribution in [0.1, 0.15) is 9.67 Å². The van der Waals surface area contributed by atoms with Crippen molar-refractivity contribution in [1.82, 2.24) is 0 Å². The van der Waals surface area contributed by atoms with Gasteiger partial charge in [0.2, 0.25) is 9.84 Å². The second-order valence-corrected chi connectivity index (χ2v) is 8.53. The minimum absolute atomic E-state index is 0.0623. The molecule has 0 aliphatic carbocycles. The second-order valence-electron chi connectivity index (χ2n) is 4.11. The molecule has 1 aromatic carbocycles. The predicted molar refractivity (Wildman–Crippen MR) is 88.8 cm³/mol. The third kappa shape index (κ3) is 2.96. The first-order chi connectivity index (χ1) is 10.3. The number of methoxy groups -OCH3 is 1. The van der Waals surface area contributed by atoms with Gasteiger partial charge in [-0.15, -0.1) is 23.1 Å². The summed E-state index contributed by atoms with van der Waals surface area (Å²) in [5.74, 6) is -0.657. The van der Waals surface area contributed by atoms with E-state index < -0.39 is 15.8 Å². The Bertz CT molecular complexity index is 813. The van der Waals surface area contributed by atoms with E-state index in [1.807, 2.05) is 0 Å². The Labute approximate surface area is 141 Å². The Kier molecular flexibility index (Phi) is 5.06. The van der Waals surface area contributed by atoms with E-state index in [0.717, 1.165) is 11.3 Å². The van der Waals surface area contributed by atoms with Crippen LogP contribution < -0.4 is 5.73 Å². The number of sulfone groups is 1. The molecule has 118 valence electrons. The fourth-order valence-corrected chi connectivity index (χ4v) is 5.98. The molecule has 0 saturated carbocycles. The van der Waals surface area contributed by atoms with Gasteiger partial charge >= 0.3 is 5.97 Å². The number of halogens is 1. The molecule has 22 heavy (non-hydrogen) atoms. The van der Waals surface area contributed by atoms with Gasteiger partial charge in [0.25, 0.3) is 0 Å². The van der Waals surface area contributed by atoms with Crippen LogP contribution in [0.4, 0.5) is 5.69 Å². The molecule has 2 rings (SSSR count). The van der Waals surface area contributed by atoms with E-state index in [0.29, 0.717) is 9.23 Å². The van der Waals surface area contributed by atoms with Crippen LogP contribution in [0.2, 0.25) is 5.02 Å². The number of carbonyl (C=O) groups is 1. The van der Waals surface area contributed by atoms with Crippen molar-refractivity contribution in [3.05, 3.63) is 34.2 Å². The molecule has 1 aromatic heterocycles. The average Bonchev–Trinajstić information content (AvgIpc) is 2.84. The summed E-state index contributed by atoms with van der Waals surface area (Å²) in [5, 5.41) is 0.428. The molecule has 1 heterocycles. The summed E-state index contributed by atoms with van der Waals surface area (Å²) in [6.45, 7) is 0. The highest BCUT2D eigenvalue weighted by Crippen LogP contribution is 2.43. The quantitative estimate of drug-likeness (QED) is 0.649. The second kappa shape index (κ2) is 6.49. The molecule has 0 aliphatic rings. The number of hydrogen-bond donors (Lipinski definition) is 1. The first kappa shape index (κ1) is 17.1. The highest BCUT2D eigenvalue weighted by Gasteiger charge is 2.31. The van der Waals surface area contributed by atoms with E-state index in [-0.39, 0.29) is 20.4 Å². The fourth-order valence-electron chi connectivity index (χ4n) is 1.77. The Balaban J connectivity index is 2.67. The monoisotopic (exact) mass is 377 g/mol. The summed E-state index contributed by atoms with van der Waals surface area (Å²) in [5.41, 5.74) is 5.81. The molecular weight excluding hydrogens is 366 g/mol. The Hall–Kier alpha value is -1.22. The van der Waals surface area contributed by atoms with Crippen LogP contribution in [0, 0.1) is 0 Å². The number of nitrogens with two attached hydrogens (primary N) is 1. The number of hydrogen-bond acceptors (Lipinski definition) is 7. The molecule has 9 heteroatoms. The van der Waals surface area contributed by atoms with Crippen LogP contribution in [0.25, 0.3) is 0 Å². The first-order valence-corrected chi connectivity index (χ1v) is 9.78. The molecule has 0 atom stereocenters. The van der Waals surface area contributed by atoms with E-state index in [2.05, 4.69) is 4.74 Å². The average molecular weight is 378 g/mol. The molecule has 0 radical (unpaired) electrons. The van der Waals surface area contributed by atoms with Crippen molar-refractivity contribution in [2.75, 3.05) is 19.1 Å². The zero-order valence-corrected chi connectivity index (χ0v) is 14.8. The summed E-state index contributed by atoms with van der Waals surface area (Å²) < 4.78 is 30.6. The van der Waals surface area contributed by atoms with Gasteiger partial charge in [-0.05, 0) is 30.5 Å². The molecule has 0 fully saturated rings. The van der Waals surface area contributed by atoms with Crippen LogP contribution in [0.3, 0.4) is 0 Å². The zero-order chi connectivity index (χ0) is 16.5. The van der Waals surface area contributed by atoms with Crippen molar-refractivity contribution in [2.45, 2.75) is 14.0 Å². The van der Waals surface area contributed by atoms with Crippen LogP contribution in [0.15, 0.2) is 38.3 Å². The largest absolute Gasteiger partial charge is 0.465 e. The van der Waals surface area contributed by atoms with E-state index in [1.54, 1.807) is 6.26 Å². The zero-order valence-electron chi connectivity index (χ0n) is 11.6. The number of nitrogen functional groups attached to an aromatic ring is 1. The molecule has 0 saturated heterocycles. The number of rotatable bonds is 4. The minimum atomic E-state index is -3.85. The summed E-state index contributed by atoms with van der Waals surface area (Å²) in [6, 6.07) is 5.77. The standard InChI is InChI=1S/C13H12ClNO4S3/c1-19-12(16)10-9(15)11(13(20-2)21-10)22(17,18)8-5-3-7(14)4-6-8/h3-6H,15H2,1-2H3. The third-order valence-electron chi connectivity index (χ3n) is 2.82. The van der Waals surface area contributed by atoms with Gasteiger partial charge < -0.3 is 10.5 Å². The molecule has 0 unspecified atom stereocenters. The summed E-state index contributed by atoms with van der Waals surface area (Å²) >= 11 is 7.99. The Morgan fingerprint density at radius 2 is 1.91 bits per heavy atom. The maximum absolute atomic E-state index is 12.8. The molecular formula is C13H12ClNO4S3. The highest BCUT2D eigenvalue weighted by molar-refractivity contribution is 8.01. The molecule has 0 bridgehead atoms. The van der Waals surface area contributed by atoms with E-state index in [4.69, 9.17) is 17.3 Å². The lowest BCUT2D eigenvalue weighted by Gasteiger charge is -2.06. The van der Waals surface area contributed by atoms with Gasteiger partial charge in [0, 0.05) is 5.02 Å². The van der Waals surface area contributed by atoms with E-state index in [9.17, 15) is 13.2 Å². The molecule has 0 spiro atoms. The van der Waals surface area contributed by atoms with Gasteiger partial charge in [-0.25, -0.2) is 13.2 Å². The van der Waals surface area contributed by atoms with Crippen molar-refractivity contribution >= 4 is 56.2 Å². The summed E-state index contributed by atoms with van der Waals surface area (Å²) in [6.07, 6.45) is 1.72. The van der Waals surface area contributed by atoms with Crippen molar-refractivity contribution < 1.29 is 17.9 Å². The lowest BCUT2D eigenvalue weighted by Crippen LogP contribution is -2.07. The van der Waals surface area contributed by atoms with Gasteiger partial charge in [-0.2, -0.15) is 0 Å². The van der Waals surface area contributed by atoms with Crippen LogP contribution >= 0.6 is 34.7 Å². The van der Waals surface area contributed by atoms with Gasteiger partial charge in [-0.3, -0.25) is 0 Å². The molecule has 5 nitrogen and oxygen atoms in total. The number of carbonyl (C=O) groups excluding carboxylic acids is 1. The van der Waals surface area contributed by atoms with Gasteiger partial charge in [0.1, 0.15) is 9.77 Å². The molecule has 2 N–H and O–H groups in total.